The number of hydrogen-bond donors (Lipinski definition) is 2. The lowest BCUT2D eigenvalue weighted by atomic mass is 10.1. The molecule has 1 aliphatic rings. The first kappa shape index (κ1) is 13.2. The van der Waals surface area contributed by atoms with Crippen molar-refractivity contribution in [1.29, 1.82) is 0 Å². The molecular weight excluding hydrogens is 270 g/mol. The molecule has 108 valence electrons. The SMILES string of the molecule is COc1ccc([C@H]2NC(=O)c3cccnc3N2)c(OC)c1. The van der Waals surface area contributed by atoms with Gasteiger partial charge in [-0.3, -0.25) is 4.79 Å². The van der Waals surface area contributed by atoms with Crippen molar-refractivity contribution in [1.82, 2.24) is 10.3 Å². The Kier molecular flexibility index (Phi) is 3.35. The smallest absolute Gasteiger partial charge is 0.256 e. The Hall–Kier alpha value is -2.76. The van der Waals surface area contributed by atoms with Gasteiger partial charge in [0.1, 0.15) is 23.5 Å². The van der Waals surface area contributed by atoms with Crippen molar-refractivity contribution in [3.63, 3.8) is 0 Å². The van der Waals surface area contributed by atoms with Crippen molar-refractivity contribution >= 4 is 11.7 Å². The first-order chi connectivity index (χ1) is 10.2. The van der Waals surface area contributed by atoms with Crippen molar-refractivity contribution in [3.8, 4) is 11.5 Å². The van der Waals surface area contributed by atoms with Gasteiger partial charge in [0.15, 0.2) is 0 Å². The summed E-state index contributed by atoms with van der Waals surface area (Å²) in [5.74, 6) is 1.71. The minimum absolute atomic E-state index is 0.167. The zero-order valence-corrected chi connectivity index (χ0v) is 11.7. The Balaban J connectivity index is 1.98. The molecule has 2 aromatic rings. The molecule has 0 saturated carbocycles. The number of amides is 1. The zero-order valence-electron chi connectivity index (χ0n) is 11.7. The molecule has 6 heteroatoms. The second-order valence-corrected chi connectivity index (χ2v) is 4.56. The van der Waals surface area contributed by atoms with Crippen molar-refractivity contribution < 1.29 is 14.3 Å². The first-order valence-electron chi connectivity index (χ1n) is 6.47. The molecule has 0 spiro atoms. The Bertz CT molecular complexity index is 688. The highest BCUT2D eigenvalue weighted by Gasteiger charge is 2.27. The maximum atomic E-state index is 12.1. The van der Waals surface area contributed by atoms with Gasteiger partial charge in [0, 0.05) is 17.8 Å². The number of methoxy groups -OCH3 is 2. The van der Waals surface area contributed by atoms with Crippen LogP contribution in [0.4, 0.5) is 5.82 Å². The van der Waals surface area contributed by atoms with Crippen molar-refractivity contribution in [2.45, 2.75) is 6.17 Å². The Morgan fingerprint density at radius 3 is 2.76 bits per heavy atom. The van der Waals surface area contributed by atoms with E-state index in [1.807, 2.05) is 12.1 Å². The molecule has 2 N–H and O–H groups in total. The normalized spacial score (nSPS) is 16.5. The molecule has 1 aromatic heterocycles. The van der Waals surface area contributed by atoms with E-state index < -0.39 is 6.17 Å². The summed E-state index contributed by atoms with van der Waals surface area (Å²) in [5, 5.41) is 6.08. The number of ether oxygens (including phenoxy) is 2. The van der Waals surface area contributed by atoms with Crippen molar-refractivity contribution in [3.05, 3.63) is 47.7 Å². The van der Waals surface area contributed by atoms with Crippen LogP contribution in [0.1, 0.15) is 22.1 Å². The third-order valence-corrected chi connectivity index (χ3v) is 3.36. The minimum Gasteiger partial charge on any atom is -0.497 e. The van der Waals surface area contributed by atoms with E-state index in [1.54, 1.807) is 38.6 Å². The number of rotatable bonds is 3. The summed E-state index contributed by atoms with van der Waals surface area (Å²) in [7, 11) is 3.17. The fourth-order valence-corrected chi connectivity index (χ4v) is 2.30. The van der Waals surface area contributed by atoms with E-state index >= 15 is 0 Å². The van der Waals surface area contributed by atoms with Crippen LogP contribution in [0.25, 0.3) is 0 Å². The number of aromatic nitrogens is 1. The van der Waals surface area contributed by atoms with E-state index in [0.29, 0.717) is 22.9 Å². The predicted molar refractivity (Wildman–Crippen MR) is 77.6 cm³/mol. The molecule has 1 aromatic carbocycles. The van der Waals surface area contributed by atoms with Gasteiger partial charge in [-0.15, -0.1) is 0 Å². The molecule has 0 radical (unpaired) electrons. The van der Waals surface area contributed by atoms with Gasteiger partial charge in [-0.2, -0.15) is 0 Å². The summed E-state index contributed by atoms with van der Waals surface area (Å²) in [6.45, 7) is 0. The Morgan fingerprint density at radius 2 is 2.00 bits per heavy atom. The van der Waals surface area contributed by atoms with Crippen LogP contribution in [-0.4, -0.2) is 25.1 Å². The average molecular weight is 285 g/mol. The summed E-state index contributed by atoms with van der Waals surface area (Å²) in [6.07, 6.45) is 1.24. The molecule has 2 heterocycles. The van der Waals surface area contributed by atoms with Crippen molar-refractivity contribution in [2.75, 3.05) is 19.5 Å². The van der Waals surface area contributed by atoms with Gasteiger partial charge >= 0.3 is 0 Å². The molecule has 6 nitrogen and oxygen atoms in total. The molecule has 0 fully saturated rings. The number of anilines is 1. The van der Waals surface area contributed by atoms with Gasteiger partial charge in [0.05, 0.1) is 19.8 Å². The van der Waals surface area contributed by atoms with Gasteiger partial charge in [0.25, 0.3) is 5.91 Å². The third kappa shape index (κ3) is 2.35. The van der Waals surface area contributed by atoms with Crippen LogP contribution in [0.3, 0.4) is 0 Å². The van der Waals surface area contributed by atoms with Gasteiger partial charge in [-0.25, -0.2) is 4.98 Å². The van der Waals surface area contributed by atoms with Crippen LogP contribution in [0, 0.1) is 0 Å². The van der Waals surface area contributed by atoms with E-state index in [2.05, 4.69) is 15.6 Å². The Morgan fingerprint density at radius 1 is 1.14 bits per heavy atom. The fourth-order valence-electron chi connectivity index (χ4n) is 2.30. The Labute approximate surface area is 122 Å². The summed E-state index contributed by atoms with van der Waals surface area (Å²) < 4.78 is 10.5. The molecule has 3 rings (SSSR count). The van der Waals surface area contributed by atoms with Gasteiger partial charge < -0.3 is 20.1 Å². The molecular formula is C15H15N3O3. The number of nitrogens with zero attached hydrogens (tertiary/aromatic N) is 1. The van der Waals surface area contributed by atoms with Gasteiger partial charge in [0.2, 0.25) is 0 Å². The molecule has 21 heavy (non-hydrogen) atoms. The lowest BCUT2D eigenvalue weighted by Gasteiger charge is -2.28. The van der Waals surface area contributed by atoms with E-state index in [-0.39, 0.29) is 5.91 Å². The second kappa shape index (κ2) is 5.32. The van der Waals surface area contributed by atoms with Crippen LogP contribution in [-0.2, 0) is 0 Å². The monoisotopic (exact) mass is 285 g/mol. The van der Waals surface area contributed by atoms with E-state index in [1.165, 1.54) is 0 Å². The van der Waals surface area contributed by atoms with Crippen LogP contribution in [0.15, 0.2) is 36.5 Å². The van der Waals surface area contributed by atoms with E-state index in [4.69, 9.17) is 9.47 Å². The minimum atomic E-state index is -0.402. The van der Waals surface area contributed by atoms with Crippen LogP contribution >= 0.6 is 0 Å². The lowest BCUT2D eigenvalue weighted by molar-refractivity contribution is 0.0934. The average Bonchev–Trinajstić information content (AvgIpc) is 2.54. The quantitative estimate of drug-likeness (QED) is 0.902. The lowest BCUT2D eigenvalue weighted by Crippen LogP contribution is -2.39. The first-order valence-corrected chi connectivity index (χ1v) is 6.47. The molecule has 1 atom stereocenters. The molecule has 0 bridgehead atoms. The maximum absolute atomic E-state index is 12.1. The van der Waals surface area contributed by atoms with Crippen molar-refractivity contribution in [2.24, 2.45) is 0 Å². The van der Waals surface area contributed by atoms with Crippen LogP contribution < -0.4 is 20.1 Å². The molecule has 0 unspecified atom stereocenters. The third-order valence-electron chi connectivity index (χ3n) is 3.36. The number of nitrogens with one attached hydrogen (secondary N) is 2. The number of benzene rings is 1. The highest BCUT2D eigenvalue weighted by atomic mass is 16.5. The van der Waals surface area contributed by atoms with Gasteiger partial charge in [-0.05, 0) is 24.3 Å². The summed E-state index contributed by atoms with van der Waals surface area (Å²) in [6, 6.07) is 8.90. The number of pyridine rings is 1. The summed E-state index contributed by atoms with van der Waals surface area (Å²) in [5.41, 5.74) is 1.34. The van der Waals surface area contributed by atoms with Gasteiger partial charge in [-0.1, -0.05) is 0 Å². The number of carbonyl (C=O) groups is 1. The highest BCUT2D eigenvalue weighted by molar-refractivity contribution is 6.00. The molecule has 1 aliphatic heterocycles. The molecule has 0 saturated heterocycles. The largest absolute Gasteiger partial charge is 0.497 e. The highest BCUT2D eigenvalue weighted by Crippen LogP contribution is 2.32. The predicted octanol–water partition coefficient (Wildman–Crippen LogP) is 1.95. The van der Waals surface area contributed by atoms with Crippen LogP contribution in [0.5, 0.6) is 11.5 Å². The maximum Gasteiger partial charge on any atom is 0.256 e. The van der Waals surface area contributed by atoms with Crippen LogP contribution in [0.2, 0.25) is 0 Å². The molecule has 0 aliphatic carbocycles. The summed E-state index contributed by atoms with van der Waals surface area (Å²) >= 11 is 0. The summed E-state index contributed by atoms with van der Waals surface area (Å²) in [4.78, 5) is 16.3. The number of hydrogen-bond acceptors (Lipinski definition) is 5. The number of carbonyl (C=O) groups excluding carboxylic acids is 1. The molecule has 1 amide bonds. The fraction of sp³-hybridized carbons (Fsp3) is 0.200. The standard InChI is InChI=1S/C15H15N3O3/c1-20-9-5-6-10(12(8-9)21-2)14-17-13-11(15(19)18-14)4-3-7-16-13/h3-8,14H,1-2H3,(H,16,17)(H,18,19)/t14-/m1/s1. The second-order valence-electron chi connectivity index (χ2n) is 4.56. The van der Waals surface area contributed by atoms with E-state index in [9.17, 15) is 4.79 Å². The van der Waals surface area contributed by atoms with E-state index in [0.717, 1.165) is 5.56 Å². The zero-order chi connectivity index (χ0) is 14.8. The topological polar surface area (TPSA) is 72.5 Å². The number of fused-ring (bicyclic) bond motifs is 1.